The van der Waals surface area contributed by atoms with Crippen molar-refractivity contribution in [2.75, 3.05) is 0 Å². The molecule has 6 heterocycles. The Labute approximate surface area is 479 Å². The first-order chi connectivity index (χ1) is 37.2. The van der Waals surface area contributed by atoms with E-state index in [4.69, 9.17) is 0 Å². The molecule has 0 radical (unpaired) electrons. The van der Waals surface area contributed by atoms with Crippen LogP contribution in [0.1, 0.15) is 175 Å². The Hall–Kier alpha value is -6.45. The number of fused-ring (bicyclic) bond motifs is 4. The first kappa shape index (κ1) is 51.7. The molecule has 0 amide bonds. The fourth-order valence-corrected chi connectivity index (χ4v) is 15.5. The summed E-state index contributed by atoms with van der Waals surface area (Å²) in [5.74, 6) is 0. The second-order valence-electron chi connectivity index (χ2n) is 31.6. The molecule has 80 heavy (non-hydrogen) atoms. The van der Waals surface area contributed by atoms with Crippen LogP contribution in [0.4, 0.5) is 0 Å². The molecule has 0 saturated carbocycles. The molecular weight excluding hydrogens is 961 g/mol. The summed E-state index contributed by atoms with van der Waals surface area (Å²) in [7, 11) is 0. The van der Waals surface area contributed by atoms with E-state index in [1.807, 2.05) is 0 Å². The summed E-state index contributed by atoms with van der Waals surface area (Å²) in [6.07, 6.45) is 0. The molecule has 4 aliphatic rings. The quantitative estimate of drug-likeness (QED) is 0.156. The standard InChI is InChI=1S/C75H81B3N2/c1-40-30-41(2)59(42(3)31-40)60-61-68-63-69-62(60)77(50-28-24-44(25-29-50)71(7,8)9)56-37-46(73(13,14)15)33-52-54-35-48(75(19,20)21)39-58(67(54)80(69)65(52)56)78(63)57-38-47(74(16,17)18)34-53-51-32-45(72(10,11)12)36-55(64(51)79(68)66(53)57)76(61)49-26-22-43(23-27-49)70(4,5)6/h22-39H,1-21H3. The number of aromatic nitrogens is 2. The Morgan fingerprint density at radius 2 is 0.562 bits per heavy atom. The van der Waals surface area contributed by atoms with Crippen molar-refractivity contribution in [2.24, 2.45) is 0 Å². The van der Waals surface area contributed by atoms with Gasteiger partial charge in [0.05, 0.1) is 0 Å². The summed E-state index contributed by atoms with van der Waals surface area (Å²) in [6.45, 7) is 50.2. The molecule has 14 rings (SSSR count). The van der Waals surface area contributed by atoms with Crippen molar-refractivity contribution in [1.29, 1.82) is 0 Å². The average molecular weight is 1040 g/mol. The highest BCUT2D eigenvalue weighted by Gasteiger charge is 2.52. The third-order valence-electron chi connectivity index (χ3n) is 19.8. The molecule has 0 fully saturated rings. The zero-order valence-electron chi connectivity index (χ0n) is 52.0. The molecule has 2 nitrogen and oxygen atoms in total. The molecule has 0 N–H and O–H groups in total. The molecule has 0 atom stereocenters. The van der Waals surface area contributed by atoms with Crippen molar-refractivity contribution in [1.82, 2.24) is 9.13 Å². The molecule has 0 spiro atoms. The Balaban J connectivity index is 1.32. The lowest BCUT2D eigenvalue weighted by Gasteiger charge is -2.44. The molecule has 4 aliphatic heterocycles. The van der Waals surface area contributed by atoms with Crippen molar-refractivity contribution >= 4 is 113 Å². The lowest BCUT2D eigenvalue weighted by Crippen LogP contribution is -2.70. The van der Waals surface area contributed by atoms with Gasteiger partial charge in [-0.25, -0.2) is 0 Å². The highest BCUT2D eigenvalue weighted by molar-refractivity contribution is 7.07. The maximum atomic E-state index is 2.86. The van der Waals surface area contributed by atoms with Gasteiger partial charge in [0, 0.05) is 55.0 Å². The average Bonchev–Trinajstić information content (AvgIpc) is 1.37. The van der Waals surface area contributed by atoms with E-state index in [0.29, 0.717) is 0 Å². The van der Waals surface area contributed by atoms with Crippen molar-refractivity contribution in [3.8, 4) is 22.5 Å². The molecular formula is C75H81B3N2. The minimum atomic E-state index is -0.100. The highest BCUT2D eigenvalue weighted by Crippen LogP contribution is 2.46. The topological polar surface area (TPSA) is 9.86 Å². The predicted octanol–water partition coefficient (Wildman–Crippen LogP) is 13.1. The van der Waals surface area contributed by atoms with E-state index in [0.717, 1.165) is 0 Å². The first-order valence-corrected chi connectivity index (χ1v) is 30.1. The van der Waals surface area contributed by atoms with E-state index in [1.165, 1.54) is 165 Å². The second-order valence-corrected chi connectivity index (χ2v) is 31.6. The Morgan fingerprint density at radius 3 is 0.838 bits per heavy atom. The smallest absolute Gasteiger partial charge is 0.252 e. The lowest BCUT2D eigenvalue weighted by molar-refractivity contribution is 0.590. The SMILES string of the molecule is Cc1cc(C)c(-c2c3c4c5c6c2B(c2ccc(C(C)(C)C)cc2)c2cc(C(C)(C)C)cc7c8cc(C(C)(C)C)cc(c8n-6c27)B5c2cc(C(C)(C)C)cc5c6cc(C(C)(C)C)cc(c6n-4c25)B3c2ccc(C(C)(C)C)cc2)c(C)c1. The summed E-state index contributed by atoms with van der Waals surface area (Å²) >= 11 is 0. The monoisotopic (exact) mass is 1040 g/mol. The number of benzene rings is 8. The van der Waals surface area contributed by atoms with Crippen molar-refractivity contribution in [2.45, 2.75) is 178 Å². The van der Waals surface area contributed by atoms with Gasteiger partial charge in [-0.05, 0) is 171 Å². The van der Waals surface area contributed by atoms with E-state index in [2.05, 4.69) is 264 Å². The molecule has 10 aromatic rings. The second kappa shape index (κ2) is 16.0. The highest BCUT2D eigenvalue weighted by atomic mass is 15.1. The zero-order chi connectivity index (χ0) is 56.9. The van der Waals surface area contributed by atoms with Gasteiger partial charge in [0.15, 0.2) is 0 Å². The van der Waals surface area contributed by atoms with Crippen molar-refractivity contribution < 1.29 is 0 Å². The summed E-state index contributed by atoms with van der Waals surface area (Å²) in [4.78, 5) is 0. The van der Waals surface area contributed by atoms with Gasteiger partial charge in [-0.3, -0.25) is 0 Å². The van der Waals surface area contributed by atoms with Gasteiger partial charge in [0.2, 0.25) is 13.4 Å². The predicted molar refractivity (Wildman–Crippen MR) is 354 cm³/mol. The van der Waals surface area contributed by atoms with Gasteiger partial charge < -0.3 is 9.13 Å². The number of hydrogen-bond acceptors (Lipinski definition) is 0. The van der Waals surface area contributed by atoms with Crippen molar-refractivity contribution in [3.63, 3.8) is 0 Å². The number of hydrogen-bond donors (Lipinski definition) is 0. The summed E-state index contributed by atoms with van der Waals surface area (Å²) in [5.41, 5.74) is 36.0. The van der Waals surface area contributed by atoms with Crippen molar-refractivity contribution in [3.05, 3.63) is 159 Å². The number of rotatable bonds is 3. The van der Waals surface area contributed by atoms with Crippen LogP contribution in [0.15, 0.2) is 109 Å². The Morgan fingerprint density at radius 1 is 0.287 bits per heavy atom. The van der Waals surface area contributed by atoms with Gasteiger partial charge in [-0.1, -0.05) is 226 Å². The molecule has 5 heteroatoms. The molecule has 400 valence electrons. The van der Waals surface area contributed by atoms with E-state index in [-0.39, 0.29) is 52.6 Å². The van der Waals surface area contributed by atoms with Gasteiger partial charge in [-0.2, -0.15) is 0 Å². The molecule has 0 aliphatic carbocycles. The lowest BCUT2D eigenvalue weighted by atomic mass is 9.26. The van der Waals surface area contributed by atoms with Gasteiger partial charge in [0.1, 0.15) is 0 Å². The molecule has 8 aromatic carbocycles. The number of aryl methyl sites for hydroxylation is 3. The van der Waals surface area contributed by atoms with E-state index >= 15 is 0 Å². The third kappa shape index (κ3) is 7.00. The first-order valence-electron chi connectivity index (χ1n) is 30.1. The fourth-order valence-electron chi connectivity index (χ4n) is 15.5. The van der Waals surface area contributed by atoms with E-state index in [9.17, 15) is 0 Å². The molecule has 0 saturated heterocycles. The van der Waals surface area contributed by atoms with E-state index in [1.54, 1.807) is 0 Å². The maximum Gasteiger partial charge on any atom is 0.252 e. The van der Waals surface area contributed by atoms with Gasteiger partial charge >= 0.3 is 0 Å². The van der Waals surface area contributed by atoms with Crippen LogP contribution in [0.2, 0.25) is 0 Å². The van der Waals surface area contributed by atoms with Crippen LogP contribution in [0.25, 0.3) is 66.1 Å². The third-order valence-corrected chi connectivity index (χ3v) is 19.8. The fraction of sp³-hybridized carbons (Fsp3) is 0.360. The maximum absolute atomic E-state index is 2.86. The van der Waals surface area contributed by atoms with Crippen LogP contribution in [0.3, 0.4) is 0 Å². The normalized spacial score (nSPS) is 14.7. The largest absolute Gasteiger partial charge is 0.311 e. The zero-order valence-corrected chi connectivity index (χ0v) is 52.0. The van der Waals surface area contributed by atoms with Crippen LogP contribution in [-0.2, 0) is 32.5 Å². The molecule has 0 bridgehead atoms. The van der Waals surface area contributed by atoms with Crippen LogP contribution in [0.5, 0.6) is 0 Å². The minimum Gasteiger partial charge on any atom is -0.311 e. The molecule has 2 aromatic heterocycles. The van der Waals surface area contributed by atoms with Crippen LogP contribution in [-0.4, -0.2) is 29.3 Å². The van der Waals surface area contributed by atoms with E-state index < -0.39 is 0 Å². The summed E-state index contributed by atoms with van der Waals surface area (Å²) in [5, 5.41) is 5.55. The Bertz CT molecular complexity index is 4140. The van der Waals surface area contributed by atoms with Crippen LogP contribution >= 0.6 is 0 Å². The summed E-state index contributed by atoms with van der Waals surface area (Å²) in [6, 6.07) is 46.0. The van der Waals surface area contributed by atoms with Crippen LogP contribution < -0.4 is 49.2 Å². The van der Waals surface area contributed by atoms with Crippen LogP contribution in [0, 0.1) is 20.8 Å². The van der Waals surface area contributed by atoms with Gasteiger partial charge in [-0.15, -0.1) is 0 Å². The minimum absolute atomic E-state index is 0.0103. The number of nitrogens with zero attached hydrogens (tertiary/aromatic N) is 2. The Kier molecular flexibility index (Phi) is 10.3. The van der Waals surface area contributed by atoms with Gasteiger partial charge in [0.25, 0.3) is 6.71 Å². The summed E-state index contributed by atoms with van der Waals surface area (Å²) < 4.78 is 5.72. The molecule has 0 unspecified atom stereocenters.